The van der Waals surface area contributed by atoms with Crippen LogP contribution in [-0.4, -0.2) is 38.9 Å². The fourth-order valence-electron chi connectivity index (χ4n) is 2.75. The van der Waals surface area contributed by atoms with Crippen LogP contribution in [0.3, 0.4) is 0 Å². The number of fused-ring (bicyclic) bond motifs is 1. The minimum absolute atomic E-state index is 0.000825. The minimum atomic E-state index is -0.609. The van der Waals surface area contributed by atoms with E-state index >= 15 is 0 Å². The van der Waals surface area contributed by atoms with Gasteiger partial charge in [-0.05, 0) is 49.6 Å². The summed E-state index contributed by atoms with van der Waals surface area (Å²) in [6, 6.07) is 15.1. The zero-order chi connectivity index (χ0) is 20.9. The van der Waals surface area contributed by atoms with E-state index in [2.05, 4.69) is 20.1 Å². The zero-order valence-electron chi connectivity index (χ0n) is 16.4. The molecule has 0 saturated heterocycles. The normalized spacial score (nSPS) is 10.9. The van der Waals surface area contributed by atoms with E-state index in [4.69, 9.17) is 14.0 Å². The summed E-state index contributed by atoms with van der Waals surface area (Å²) >= 11 is 1.66. The van der Waals surface area contributed by atoms with Crippen LogP contribution in [0, 0.1) is 0 Å². The molecule has 4 rings (SSSR count). The van der Waals surface area contributed by atoms with Crippen LogP contribution >= 0.6 is 11.8 Å². The number of ether oxygens (including phenoxy) is 2. The summed E-state index contributed by atoms with van der Waals surface area (Å²) < 4.78 is 16.1. The van der Waals surface area contributed by atoms with E-state index in [0.29, 0.717) is 22.6 Å². The van der Waals surface area contributed by atoms with E-state index in [9.17, 15) is 4.79 Å². The Kier molecular flexibility index (Phi) is 5.89. The second kappa shape index (κ2) is 8.91. The average Bonchev–Trinajstić information content (AvgIpc) is 3.26. The molecule has 0 N–H and O–H groups in total. The predicted molar refractivity (Wildman–Crippen MR) is 111 cm³/mol. The maximum absolute atomic E-state index is 12.1. The zero-order valence-corrected chi connectivity index (χ0v) is 17.2. The maximum atomic E-state index is 12.1. The number of aromatic nitrogens is 4. The van der Waals surface area contributed by atoms with E-state index in [1.807, 2.05) is 48.7 Å². The number of hydrogen-bond donors (Lipinski definition) is 0. The van der Waals surface area contributed by atoms with Gasteiger partial charge in [0.25, 0.3) is 5.89 Å². The van der Waals surface area contributed by atoms with E-state index in [0.717, 1.165) is 10.5 Å². The van der Waals surface area contributed by atoms with Gasteiger partial charge in [0.2, 0.25) is 17.5 Å². The Bertz CT molecular complexity index is 1180. The van der Waals surface area contributed by atoms with Crippen molar-refractivity contribution in [1.29, 1.82) is 0 Å². The number of para-hydroxylation sites is 1. The molecule has 2 aromatic heterocycles. The van der Waals surface area contributed by atoms with E-state index in [1.54, 1.807) is 24.8 Å². The number of carbonyl (C=O) groups excluding carboxylic acids is 1. The van der Waals surface area contributed by atoms with Gasteiger partial charge in [-0.2, -0.15) is 9.97 Å². The Labute approximate surface area is 176 Å². The molecule has 4 aromatic rings. The number of rotatable bonds is 7. The molecule has 0 radical (unpaired) electrons. The Morgan fingerprint density at radius 1 is 1.07 bits per heavy atom. The van der Waals surface area contributed by atoms with Gasteiger partial charge in [0, 0.05) is 10.5 Å². The standard InChI is InChI=1S/C21H18N4O4S/c1-3-27-21(26)19-22-16-7-5-4-6-15(16)20(24-19)28-12-17-23-18(25-29-17)13-8-10-14(30-2)11-9-13/h4-11H,3,12H2,1-2H3. The number of thioether (sulfide) groups is 1. The highest BCUT2D eigenvalue weighted by Gasteiger charge is 2.17. The van der Waals surface area contributed by atoms with Gasteiger partial charge in [-0.15, -0.1) is 11.8 Å². The molecule has 0 unspecified atom stereocenters. The van der Waals surface area contributed by atoms with Crippen molar-refractivity contribution >= 4 is 28.6 Å². The van der Waals surface area contributed by atoms with Gasteiger partial charge < -0.3 is 14.0 Å². The quantitative estimate of drug-likeness (QED) is 0.321. The summed E-state index contributed by atoms with van der Waals surface area (Å²) in [5.74, 6) is 0.334. The van der Waals surface area contributed by atoms with Gasteiger partial charge >= 0.3 is 5.97 Å². The monoisotopic (exact) mass is 422 g/mol. The molecule has 8 nitrogen and oxygen atoms in total. The molecule has 2 aromatic carbocycles. The first kappa shape index (κ1) is 19.8. The molecular formula is C21H18N4O4S. The highest BCUT2D eigenvalue weighted by Crippen LogP contribution is 2.24. The van der Waals surface area contributed by atoms with Gasteiger partial charge in [0.1, 0.15) is 0 Å². The van der Waals surface area contributed by atoms with Crippen LogP contribution in [0.1, 0.15) is 23.4 Å². The summed E-state index contributed by atoms with van der Waals surface area (Å²) in [5.41, 5.74) is 1.42. The number of carbonyl (C=O) groups is 1. The maximum Gasteiger partial charge on any atom is 0.376 e. The summed E-state index contributed by atoms with van der Waals surface area (Å²) in [6.45, 7) is 1.95. The van der Waals surface area contributed by atoms with Crippen LogP contribution in [0.25, 0.3) is 22.3 Å². The second-order valence-corrected chi connectivity index (χ2v) is 7.00. The van der Waals surface area contributed by atoms with Crippen LogP contribution in [-0.2, 0) is 11.3 Å². The van der Waals surface area contributed by atoms with Crippen LogP contribution in [0.4, 0.5) is 0 Å². The third kappa shape index (κ3) is 4.25. The highest BCUT2D eigenvalue weighted by molar-refractivity contribution is 7.98. The Morgan fingerprint density at radius 3 is 2.63 bits per heavy atom. The molecule has 0 spiro atoms. The molecule has 0 atom stereocenters. The van der Waals surface area contributed by atoms with Crippen LogP contribution < -0.4 is 4.74 Å². The first-order chi connectivity index (χ1) is 14.7. The Hall–Kier alpha value is -3.46. The Morgan fingerprint density at radius 2 is 1.87 bits per heavy atom. The van der Waals surface area contributed by atoms with Crippen molar-refractivity contribution in [2.75, 3.05) is 12.9 Å². The topological polar surface area (TPSA) is 100 Å². The summed E-state index contributed by atoms with van der Waals surface area (Å²) in [4.78, 5) is 26.1. The lowest BCUT2D eigenvalue weighted by Gasteiger charge is -2.08. The molecule has 0 aliphatic rings. The molecule has 0 bridgehead atoms. The molecule has 2 heterocycles. The lowest BCUT2D eigenvalue weighted by Crippen LogP contribution is -2.11. The van der Waals surface area contributed by atoms with Crippen molar-refractivity contribution in [3.8, 4) is 17.3 Å². The predicted octanol–water partition coefficient (Wildman–Crippen LogP) is 4.16. The van der Waals surface area contributed by atoms with Gasteiger partial charge in [0.05, 0.1) is 17.5 Å². The number of esters is 1. The van der Waals surface area contributed by atoms with E-state index in [-0.39, 0.29) is 24.9 Å². The van der Waals surface area contributed by atoms with Gasteiger partial charge in [-0.3, -0.25) is 0 Å². The Balaban J connectivity index is 1.56. The van der Waals surface area contributed by atoms with Crippen LogP contribution in [0.15, 0.2) is 57.9 Å². The van der Waals surface area contributed by atoms with Crippen molar-refractivity contribution in [2.45, 2.75) is 18.4 Å². The summed E-state index contributed by atoms with van der Waals surface area (Å²) in [6.07, 6.45) is 2.02. The summed E-state index contributed by atoms with van der Waals surface area (Å²) in [7, 11) is 0. The number of hydrogen-bond acceptors (Lipinski definition) is 9. The molecule has 0 aliphatic carbocycles. The number of benzene rings is 2. The molecule has 9 heteroatoms. The molecular weight excluding hydrogens is 404 g/mol. The van der Waals surface area contributed by atoms with Gasteiger partial charge in [-0.1, -0.05) is 17.3 Å². The lowest BCUT2D eigenvalue weighted by atomic mass is 10.2. The molecule has 30 heavy (non-hydrogen) atoms. The SMILES string of the molecule is CCOC(=O)c1nc(OCc2nc(-c3ccc(SC)cc3)no2)c2ccccc2n1. The van der Waals surface area contributed by atoms with Gasteiger partial charge in [0.15, 0.2) is 6.61 Å². The van der Waals surface area contributed by atoms with E-state index < -0.39 is 5.97 Å². The fraction of sp³-hybridized carbons (Fsp3) is 0.190. The first-order valence-electron chi connectivity index (χ1n) is 9.21. The molecule has 0 amide bonds. The average molecular weight is 422 g/mol. The van der Waals surface area contributed by atoms with E-state index in [1.165, 1.54) is 0 Å². The lowest BCUT2D eigenvalue weighted by molar-refractivity contribution is 0.0511. The van der Waals surface area contributed by atoms with Crippen molar-refractivity contribution in [1.82, 2.24) is 20.1 Å². The molecule has 0 saturated carbocycles. The van der Waals surface area contributed by atoms with Crippen molar-refractivity contribution < 1.29 is 18.8 Å². The smallest absolute Gasteiger partial charge is 0.376 e. The van der Waals surface area contributed by atoms with Crippen molar-refractivity contribution in [3.63, 3.8) is 0 Å². The highest BCUT2D eigenvalue weighted by atomic mass is 32.2. The summed E-state index contributed by atoms with van der Waals surface area (Å²) in [5, 5.41) is 4.67. The first-order valence-corrected chi connectivity index (χ1v) is 10.4. The minimum Gasteiger partial charge on any atom is -0.467 e. The third-order valence-corrected chi connectivity index (χ3v) is 4.92. The van der Waals surface area contributed by atoms with Crippen LogP contribution in [0.2, 0.25) is 0 Å². The third-order valence-electron chi connectivity index (χ3n) is 4.17. The van der Waals surface area contributed by atoms with Crippen molar-refractivity contribution in [3.05, 3.63) is 60.2 Å². The molecule has 152 valence electrons. The van der Waals surface area contributed by atoms with Gasteiger partial charge in [-0.25, -0.2) is 9.78 Å². The molecule has 0 aliphatic heterocycles. The number of nitrogens with zero attached hydrogens (tertiary/aromatic N) is 4. The molecule has 0 fully saturated rings. The largest absolute Gasteiger partial charge is 0.467 e. The fourth-order valence-corrected chi connectivity index (χ4v) is 3.15. The second-order valence-electron chi connectivity index (χ2n) is 6.12. The van der Waals surface area contributed by atoms with Crippen LogP contribution in [0.5, 0.6) is 5.88 Å². The van der Waals surface area contributed by atoms with Crippen molar-refractivity contribution in [2.24, 2.45) is 0 Å².